The lowest BCUT2D eigenvalue weighted by atomic mass is 9.84. The Morgan fingerprint density at radius 3 is 2.40 bits per heavy atom. The molecule has 1 atom stereocenters. The van der Waals surface area contributed by atoms with E-state index < -0.39 is 0 Å². The Balaban J connectivity index is 2.11. The van der Waals surface area contributed by atoms with Gasteiger partial charge in [0.15, 0.2) is 0 Å². The standard InChI is InChI=1S/C24H26N6/c1-4-8-13-17(25)18(26)14(9-5-2)22-21(13)29-23-15(10-6-3)19(27)20-16(24(23)30-22)11-7-12-28-20/h4-12,22,30H,25-27H2,1-3H3/b8-4-,9-5-,10-6-. The topological polar surface area (TPSA) is 115 Å². The summed E-state index contributed by atoms with van der Waals surface area (Å²) in [6.07, 6.45) is 13.5. The van der Waals surface area contributed by atoms with Crippen LogP contribution in [-0.2, 0) is 0 Å². The van der Waals surface area contributed by atoms with Gasteiger partial charge in [0.05, 0.1) is 45.7 Å². The fraction of sp³-hybridized carbons (Fsp3) is 0.167. The fourth-order valence-electron chi connectivity index (χ4n) is 4.08. The number of anilines is 2. The molecule has 2 heterocycles. The number of pyridine rings is 1. The SMILES string of the molecule is C/C=C\C1=C(N)C(N)=C(/C=C\C)C2Nc3c(c(/C=C\C)c(N)c4ncccc34)N=C12. The Labute approximate surface area is 176 Å². The zero-order chi connectivity index (χ0) is 21.4. The second-order valence-corrected chi connectivity index (χ2v) is 7.22. The van der Waals surface area contributed by atoms with Crippen molar-refractivity contribution in [3.63, 3.8) is 0 Å². The van der Waals surface area contributed by atoms with E-state index in [1.807, 2.05) is 69.4 Å². The van der Waals surface area contributed by atoms with Gasteiger partial charge in [0.2, 0.25) is 0 Å². The maximum atomic E-state index is 6.51. The van der Waals surface area contributed by atoms with Crippen molar-refractivity contribution in [2.45, 2.75) is 26.8 Å². The van der Waals surface area contributed by atoms with Crippen molar-refractivity contribution >= 4 is 39.8 Å². The molecule has 1 unspecified atom stereocenters. The number of nitrogens with zero attached hydrogens (tertiary/aromatic N) is 2. The van der Waals surface area contributed by atoms with Gasteiger partial charge < -0.3 is 22.5 Å². The monoisotopic (exact) mass is 398 g/mol. The number of aromatic nitrogens is 1. The minimum atomic E-state index is -0.224. The van der Waals surface area contributed by atoms with Gasteiger partial charge >= 0.3 is 0 Å². The van der Waals surface area contributed by atoms with E-state index >= 15 is 0 Å². The molecule has 0 radical (unpaired) electrons. The van der Waals surface area contributed by atoms with E-state index in [9.17, 15) is 0 Å². The van der Waals surface area contributed by atoms with Gasteiger partial charge in [-0.25, -0.2) is 4.99 Å². The molecular formula is C24H26N6. The van der Waals surface area contributed by atoms with Gasteiger partial charge in [-0.15, -0.1) is 0 Å². The summed E-state index contributed by atoms with van der Waals surface area (Å²) in [5.74, 6) is 0. The van der Waals surface area contributed by atoms with Crippen LogP contribution in [0, 0.1) is 0 Å². The molecule has 30 heavy (non-hydrogen) atoms. The molecule has 2 aromatic rings. The Hall–Kier alpha value is -3.80. The van der Waals surface area contributed by atoms with Crippen LogP contribution in [0.2, 0.25) is 0 Å². The minimum absolute atomic E-state index is 0.224. The third kappa shape index (κ3) is 2.80. The van der Waals surface area contributed by atoms with E-state index in [4.69, 9.17) is 22.2 Å². The van der Waals surface area contributed by atoms with Crippen molar-refractivity contribution in [3.8, 4) is 0 Å². The number of nitrogens with two attached hydrogens (primary N) is 3. The normalized spacial score (nSPS) is 19.0. The van der Waals surface area contributed by atoms with Gasteiger partial charge in [0.25, 0.3) is 0 Å². The summed E-state index contributed by atoms with van der Waals surface area (Å²) in [4.78, 5) is 9.62. The van der Waals surface area contributed by atoms with E-state index in [-0.39, 0.29) is 6.04 Å². The molecule has 6 heteroatoms. The van der Waals surface area contributed by atoms with Crippen LogP contribution in [0.3, 0.4) is 0 Å². The maximum absolute atomic E-state index is 6.51. The average molecular weight is 399 g/mol. The first-order valence-corrected chi connectivity index (χ1v) is 9.96. The Morgan fingerprint density at radius 2 is 1.70 bits per heavy atom. The fourth-order valence-corrected chi connectivity index (χ4v) is 4.08. The third-order valence-corrected chi connectivity index (χ3v) is 5.40. The summed E-state index contributed by atoms with van der Waals surface area (Å²) in [7, 11) is 0. The molecule has 0 saturated heterocycles. The van der Waals surface area contributed by atoms with Crippen molar-refractivity contribution in [3.05, 3.63) is 76.8 Å². The minimum Gasteiger partial charge on any atom is -0.397 e. The molecule has 0 fully saturated rings. The number of nitrogens with one attached hydrogen (secondary N) is 1. The zero-order valence-corrected chi connectivity index (χ0v) is 17.4. The highest BCUT2D eigenvalue weighted by molar-refractivity contribution is 6.19. The predicted molar refractivity (Wildman–Crippen MR) is 127 cm³/mol. The third-order valence-electron chi connectivity index (χ3n) is 5.40. The van der Waals surface area contributed by atoms with Crippen LogP contribution in [0.5, 0.6) is 0 Å². The number of allylic oxidation sites excluding steroid dienone is 4. The summed E-state index contributed by atoms with van der Waals surface area (Å²) in [5, 5.41) is 4.59. The molecule has 0 spiro atoms. The molecule has 1 aromatic carbocycles. The molecule has 152 valence electrons. The van der Waals surface area contributed by atoms with E-state index in [1.165, 1.54) is 0 Å². The molecular weight excluding hydrogens is 372 g/mol. The van der Waals surface area contributed by atoms with Gasteiger partial charge in [-0.2, -0.15) is 0 Å². The number of hydrogen-bond acceptors (Lipinski definition) is 6. The lowest BCUT2D eigenvalue weighted by molar-refractivity contribution is 1.01. The van der Waals surface area contributed by atoms with Crippen molar-refractivity contribution in [2.75, 3.05) is 11.1 Å². The average Bonchev–Trinajstić information content (AvgIpc) is 2.76. The van der Waals surface area contributed by atoms with Crippen LogP contribution < -0.4 is 22.5 Å². The number of fused-ring (bicyclic) bond motifs is 4. The maximum Gasteiger partial charge on any atom is 0.0968 e. The highest BCUT2D eigenvalue weighted by atomic mass is 15.0. The molecule has 0 amide bonds. The summed E-state index contributed by atoms with van der Waals surface area (Å²) in [5.41, 5.74) is 26.9. The first kappa shape index (κ1) is 19.5. The summed E-state index contributed by atoms with van der Waals surface area (Å²) in [6.45, 7) is 5.86. The van der Waals surface area contributed by atoms with E-state index in [2.05, 4.69) is 10.3 Å². The molecule has 6 nitrogen and oxygen atoms in total. The van der Waals surface area contributed by atoms with Crippen LogP contribution in [0.25, 0.3) is 17.0 Å². The Bertz CT molecular complexity index is 1220. The molecule has 1 aromatic heterocycles. The van der Waals surface area contributed by atoms with Crippen LogP contribution in [0.4, 0.5) is 17.1 Å². The van der Waals surface area contributed by atoms with Gasteiger partial charge in [-0.05, 0) is 32.9 Å². The quantitative estimate of drug-likeness (QED) is 0.575. The number of benzene rings is 1. The highest BCUT2D eigenvalue weighted by Crippen LogP contribution is 2.46. The first-order valence-electron chi connectivity index (χ1n) is 9.96. The van der Waals surface area contributed by atoms with Crippen LogP contribution >= 0.6 is 0 Å². The molecule has 2 aliphatic rings. The van der Waals surface area contributed by atoms with Gasteiger partial charge in [-0.3, -0.25) is 4.98 Å². The lowest BCUT2D eigenvalue weighted by Gasteiger charge is -2.35. The summed E-state index contributed by atoms with van der Waals surface area (Å²) < 4.78 is 0. The molecule has 1 aliphatic carbocycles. The van der Waals surface area contributed by atoms with Crippen molar-refractivity contribution in [1.82, 2.24) is 4.98 Å². The van der Waals surface area contributed by atoms with E-state index in [0.29, 0.717) is 17.1 Å². The second-order valence-electron chi connectivity index (χ2n) is 7.22. The summed E-state index contributed by atoms with van der Waals surface area (Å²) >= 11 is 0. The second kappa shape index (κ2) is 7.55. The molecule has 4 rings (SSSR count). The van der Waals surface area contributed by atoms with Crippen LogP contribution in [0.15, 0.2) is 76.2 Å². The smallest absolute Gasteiger partial charge is 0.0968 e. The van der Waals surface area contributed by atoms with E-state index in [1.54, 1.807) is 6.20 Å². The number of hydrogen-bond donors (Lipinski definition) is 4. The van der Waals surface area contributed by atoms with Crippen molar-refractivity contribution < 1.29 is 0 Å². The molecule has 0 saturated carbocycles. The number of aliphatic imine (C=N–C) groups is 1. The zero-order valence-electron chi connectivity index (χ0n) is 17.4. The van der Waals surface area contributed by atoms with E-state index in [0.717, 1.165) is 44.7 Å². The van der Waals surface area contributed by atoms with Crippen LogP contribution in [-0.4, -0.2) is 16.7 Å². The molecule has 0 bridgehead atoms. The first-order chi connectivity index (χ1) is 14.5. The van der Waals surface area contributed by atoms with Gasteiger partial charge in [-0.1, -0.05) is 36.5 Å². The van der Waals surface area contributed by atoms with Gasteiger partial charge in [0, 0.05) is 28.3 Å². The lowest BCUT2D eigenvalue weighted by Crippen LogP contribution is -2.41. The number of rotatable bonds is 3. The number of nitrogen functional groups attached to an aromatic ring is 1. The predicted octanol–water partition coefficient (Wildman–Crippen LogP) is 4.31. The van der Waals surface area contributed by atoms with Gasteiger partial charge in [0.1, 0.15) is 0 Å². The Morgan fingerprint density at radius 1 is 0.967 bits per heavy atom. The molecule has 1 aliphatic heterocycles. The largest absolute Gasteiger partial charge is 0.397 e. The van der Waals surface area contributed by atoms with Crippen molar-refractivity contribution in [2.24, 2.45) is 16.5 Å². The highest BCUT2D eigenvalue weighted by Gasteiger charge is 2.35. The summed E-state index contributed by atoms with van der Waals surface area (Å²) in [6, 6.07) is 3.68. The van der Waals surface area contributed by atoms with Crippen molar-refractivity contribution in [1.29, 1.82) is 0 Å². The van der Waals surface area contributed by atoms with Crippen LogP contribution in [0.1, 0.15) is 26.3 Å². The Kier molecular flexibility index (Phi) is 4.91. The molecule has 7 N–H and O–H groups in total.